The second-order valence-corrected chi connectivity index (χ2v) is 9.34. The van der Waals surface area contributed by atoms with Gasteiger partial charge in [0.25, 0.3) is 0 Å². The number of hydrogen-bond acceptors (Lipinski definition) is 7. The number of likely N-dealkylation sites (tertiary alicyclic amines) is 1. The van der Waals surface area contributed by atoms with Crippen molar-refractivity contribution < 1.29 is 17.6 Å². The fourth-order valence-electron chi connectivity index (χ4n) is 5.04. The van der Waals surface area contributed by atoms with Gasteiger partial charge in [0, 0.05) is 57.6 Å². The Hall–Kier alpha value is -3.37. The first-order chi connectivity index (χ1) is 17.2. The zero-order chi connectivity index (χ0) is 25.4. The first-order valence-corrected chi connectivity index (χ1v) is 12.2. The van der Waals surface area contributed by atoms with E-state index in [0.29, 0.717) is 55.5 Å². The molecule has 0 radical (unpaired) electrons. The number of nitrogens with zero attached hydrogens (tertiary/aromatic N) is 7. The average molecular weight is 504 g/mol. The third-order valence-corrected chi connectivity index (χ3v) is 7.01. The van der Waals surface area contributed by atoms with E-state index in [4.69, 9.17) is 9.98 Å². The van der Waals surface area contributed by atoms with Gasteiger partial charge in [-0.25, -0.2) is 9.37 Å². The third-order valence-electron chi connectivity index (χ3n) is 7.01. The predicted molar refractivity (Wildman–Crippen MR) is 131 cm³/mol. The second kappa shape index (κ2) is 9.59. The molecule has 11 heteroatoms. The van der Waals surface area contributed by atoms with Crippen molar-refractivity contribution in [1.82, 2.24) is 19.7 Å². The molecule has 1 aliphatic carbocycles. The number of rotatable bonds is 1. The van der Waals surface area contributed by atoms with E-state index in [9.17, 15) is 17.6 Å². The summed E-state index contributed by atoms with van der Waals surface area (Å²) in [6.07, 6.45) is 4.38. The Bertz CT molecular complexity index is 1150. The molecule has 2 atom stereocenters. The van der Waals surface area contributed by atoms with Crippen LogP contribution in [0.25, 0.3) is 0 Å². The van der Waals surface area contributed by atoms with Crippen molar-refractivity contribution in [3.8, 4) is 0 Å². The van der Waals surface area contributed by atoms with E-state index in [1.165, 1.54) is 18.3 Å². The molecule has 0 N–H and O–H groups in total. The number of aliphatic imine (C=N–C) groups is 2. The summed E-state index contributed by atoms with van der Waals surface area (Å²) >= 11 is 0. The monoisotopic (exact) mass is 503 g/mol. The van der Waals surface area contributed by atoms with Crippen LogP contribution in [0.2, 0.25) is 0 Å². The zero-order valence-electron chi connectivity index (χ0n) is 20.3. The lowest BCUT2D eigenvalue weighted by atomic mass is 10.1. The molecule has 0 amide bonds. The highest BCUT2D eigenvalue weighted by molar-refractivity contribution is 5.98. The zero-order valence-corrected chi connectivity index (χ0v) is 20.3. The maximum atomic E-state index is 14.9. The number of pyridine rings is 1. The van der Waals surface area contributed by atoms with Crippen LogP contribution in [0.15, 0.2) is 64.0 Å². The fourth-order valence-corrected chi connectivity index (χ4v) is 5.04. The number of alkyl halides is 4. The van der Waals surface area contributed by atoms with Crippen molar-refractivity contribution in [2.75, 3.05) is 44.7 Å². The Kier molecular flexibility index (Phi) is 6.48. The van der Waals surface area contributed by atoms with E-state index in [-0.39, 0.29) is 5.82 Å². The number of hydrogen-bond donors (Lipinski definition) is 0. The van der Waals surface area contributed by atoms with Gasteiger partial charge in [0.15, 0.2) is 0 Å². The van der Waals surface area contributed by atoms with Crippen molar-refractivity contribution in [2.24, 2.45) is 9.98 Å². The van der Waals surface area contributed by atoms with Gasteiger partial charge in [-0.3, -0.25) is 4.90 Å². The third kappa shape index (κ3) is 4.58. The topological polar surface area (TPSA) is 50.6 Å². The molecule has 0 bridgehead atoms. The molecule has 4 heterocycles. The summed E-state index contributed by atoms with van der Waals surface area (Å²) in [7, 11) is 1.85. The van der Waals surface area contributed by atoms with Gasteiger partial charge in [0.1, 0.15) is 17.8 Å². The van der Waals surface area contributed by atoms with Crippen LogP contribution in [0.5, 0.6) is 0 Å². The largest absolute Gasteiger partial charge is 0.419 e. The second-order valence-electron chi connectivity index (χ2n) is 9.34. The molecule has 1 aromatic heterocycles. The summed E-state index contributed by atoms with van der Waals surface area (Å²) in [4.78, 5) is 21.3. The molecule has 0 spiro atoms. The number of aromatic nitrogens is 1. The van der Waals surface area contributed by atoms with Gasteiger partial charge in [-0.15, -0.1) is 0 Å². The maximum Gasteiger partial charge on any atom is 0.419 e. The van der Waals surface area contributed by atoms with Crippen LogP contribution in [0.3, 0.4) is 0 Å². The smallest absolute Gasteiger partial charge is 0.353 e. The van der Waals surface area contributed by atoms with Gasteiger partial charge < -0.3 is 14.7 Å². The molecular formula is C25H29F4N7. The summed E-state index contributed by atoms with van der Waals surface area (Å²) < 4.78 is 55.4. The van der Waals surface area contributed by atoms with Crippen LogP contribution in [-0.2, 0) is 6.18 Å². The average Bonchev–Trinajstić information content (AvgIpc) is 3.30. The fraction of sp³-hybridized carbons (Fsp3) is 0.480. The van der Waals surface area contributed by atoms with Gasteiger partial charge in [-0.05, 0) is 38.0 Å². The molecule has 192 valence electrons. The summed E-state index contributed by atoms with van der Waals surface area (Å²) in [5, 5.41) is 0. The van der Waals surface area contributed by atoms with Crippen LogP contribution < -0.4 is 4.90 Å². The predicted octanol–water partition coefficient (Wildman–Crippen LogP) is 4.04. The maximum absolute atomic E-state index is 14.9. The Labute approximate surface area is 207 Å². The van der Waals surface area contributed by atoms with E-state index in [1.54, 1.807) is 23.1 Å². The number of guanidine groups is 2. The minimum absolute atomic E-state index is 0.0627. The van der Waals surface area contributed by atoms with E-state index in [0.717, 1.165) is 25.5 Å². The van der Waals surface area contributed by atoms with Crippen molar-refractivity contribution in [3.63, 3.8) is 0 Å². The van der Waals surface area contributed by atoms with Crippen LogP contribution in [0, 0.1) is 0 Å². The molecule has 2 unspecified atom stereocenters. The lowest BCUT2D eigenvalue weighted by molar-refractivity contribution is -0.137. The molecular weight excluding hydrogens is 474 g/mol. The van der Waals surface area contributed by atoms with Gasteiger partial charge in [0.2, 0.25) is 11.9 Å². The number of piperazine rings is 1. The highest BCUT2D eigenvalue weighted by Crippen LogP contribution is 2.35. The summed E-state index contributed by atoms with van der Waals surface area (Å²) in [5.41, 5.74) is -0.282. The Morgan fingerprint density at radius 3 is 2.42 bits per heavy atom. The SMILES string of the molecule is CC1CCCN1C1=NC(N2CCN(c3ncccc3C(F)(F)F)CC2)=NC(=C2C=CC=CC2F)N1C. The lowest BCUT2D eigenvalue weighted by Crippen LogP contribution is -2.52. The van der Waals surface area contributed by atoms with Gasteiger partial charge in [0.05, 0.1) is 5.56 Å². The molecule has 0 aromatic carbocycles. The van der Waals surface area contributed by atoms with Crippen LogP contribution in [0.4, 0.5) is 23.4 Å². The summed E-state index contributed by atoms with van der Waals surface area (Å²) in [6.45, 7) is 4.50. The first kappa shape index (κ1) is 24.3. The highest BCUT2D eigenvalue weighted by atomic mass is 19.4. The molecule has 36 heavy (non-hydrogen) atoms. The van der Waals surface area contributed by atoms with Crippen LogP contribution in [0.1, 0.15) is 25.3 Å². The van der Waals surface area contributed by atoms with Crippen molar-refractivity contribution in [2.45, 2.75) is 38.2 Å². The lowest BCUT2D eigenvalue weighted by Gasteiger charge is -2.40. The normalized spacial score (nSPS) is 27.1. The quantitative estimate of drug-likeness (QED) is 0.542. The first-order valence-electron chi connectivity index (χ1n) is 12.2. The number of halogens is 4. The van der Waals surface area contributed by atoms with Gasteiger partial charge >= 0.3 is 6.18 Å². The van der Waals surface area contributed by atoms with Crippen molar-refractivity contribution >= 4 is 17.7 Å². The molecule has 1 aromatic rings. The minimum Gasteiger partial charge on any atom is -0.353 e. The van der Waals surface area contributed by atoms with E-state index in [1.807, 2.05) is 16.8 Å². The molecule has 4 aliphatic rings. The molecule has 0 saturated carbocycles. The van der Waals surface area contributed by atoms with Crippen molar-refractivity contribution in [3.05, 3.63) is 59.6 Å². The Balaban J connectivity index is 1.44. The number of anilines is 1. The molecule has 3 aliphatic heterocycles. The van der Waals surface area contributed by atoms with Gasteiger partial charge in [-0.2, -0.15) is 23.2 Å². The number of allylic oxidation sites excluding steroid dienone is 5. The molecule has 2 saturated heterocycles. The standard InChI is InChI=1S/C25H29F4N7/c1-17-7-6-12-36(17)24-32-23(31-21(33(24)2)18-8-3-4-10-20(18)26)35-15-13-34(14-16-35)22-19(25(27,28)29)9-5-11-30-22/h3-5,8-11,17,20H,6-7,12-16H2,1-2H3. The van der Waals surface area contributed by atoms with Crippen LogP contribution in [-0.4, -0.2) is 83.6 Å². The molecule has 5 rings (SSSR count). The van der Waals surface area contributed by atoms with E-state index >= 15 is 0 Å². The molecule has 2 fully saturated rings. The summed E-state index contributed by atoms with van der Waals surface area (Å²) in [5.74, 6) is 1.60. The highest BCUT2D eigenvalue weighted by Gasteiger charge is 2.37. The Morgan fingerprint density at radius 2 is 1.75 bits per heavy atom. The Morgan fingerprint density at radius 1 is 1.00 bits per heavy atom. The van der Waals surface area contributed by atoms with E-state index < -0.39 is 17.9 Å². The molecule has 7 nitrogen and oxygen atoms in total. The van der Waals surface area contributed by atoms with E-state index in [2.05, 4.69) is 16.8 Å². The van der Waals surface area contributed by atoms with Crippen molar-refractivity contribution in [1.29, 1.82) is 0 Å². The summed E-state index contributed by atoms with van der Waals surface area (Å²) in [6, 6.07) is 2.65. The van der Waals surface area contributed by atoms with Crippen LogP contribution >= 0.6 is 0 Å². The minimum atomic E-state index is -4.48. The van der Waals surface area contributed by atoms with Gasteiger partial charge in [-0.1, -0.05) is 18.2 Å².